The third-order valence-corrected chi connectivity index (χ3v) is 3.10. The van der Waals surface area contributed by atoms with Crippen molar-refractivity contribution >= 4 is 11.6 Å². The molecule has 0 radical (unpaired) electrons. The summed E-state index contributed by atoms with van der Waals surface area (Å²) in [6.45, 7) is 3.46. The van der Waals surface area contributed by atoms with E-state index in [2.05, 4.69) is 22.3 Å². The van der Waals surface area contributed by atoms with Crippen LogP contribution in [0.1, 0.15) is 25.6 Å². The molecule has 19 heavy (non-hydrogen) atoms. The van der Waals surface area contributed by atoms with Gasteiger partial charge in [-0.2, -0.15) is 13.2 Å². The smallest absolute Gasteiger partial charge is 0.356 e. The fourth-order valence-electron chi connectivity index (χ4n) is 2.19. The zero-order valence-corrected chi connectivity index (χ0v) is 10.5. The molecule has 1 unspecified atom stereocenters. The Morgan fingerprint density at radius 2 is 2.16 bits per heavy atom. The number of nitrogens with zero attached hydrogens (tertiary/aromatic N) is 3. The molecule has 106 valence electrons. The first kappa shape index (κ1) is 13.9. The van der Waals surface area contributed by atoms with E-state index in [0.717, 1.165) is 12.8 Å². The zero-order chi connectivity index (χ0) is 14.0. The Kier molecular flexibility index (Phi) is 3.79. The summed E-state index contributed by atoms with van der Waals surface area (Å²) in [5.74, 6) is 4.66. The van der Waals surface area contributed by atoms with Gasteiger partial charge in [0.05, 0.1) is 0 Å². The lowest BCUT2D eigenvalue weighted by Crippen LogP contribution is -2.35. The number of anilines is 2. The van der Waals surface area contributed by atoms with Gasteiger partial charge in [0, 0.05) is 19.2 Å². The summed E-state index contributed by atoms with van der Waals surface area (Å²) in [6, 6.07) is 1.44. The van der Waals surface area contributed by atoms with Crippen molar-refractivity contribution in [2.45, 2.75) is 25.9 Å². The molecule has 1 aliphatic rings. The number of nitrogens with two attached hydrogens (primary N) is 1. The van der Waals surface area contributed by atoms with E-state index < -0.39 is 12.0 Å². The molecule has 0 amide bonds. The highest BCUT2D eigenvalue weighted by molar-refractivity contribution is 5.49. The van der Waals surface area contributed by atoms with Gasteiger partial charge in [-0.05, 0) is 18.8 Å². The molecule has 2 heterocycles. The molecule has 1 aromatic rings. The molecular formula is C11H16F3N5. The van der Waals surface area contributed by atoms with Crippen LogP contribution in [0.3, 0.4) is 0 Å². The average molecular weight is 275 g/mol. The van der Waals surface area contributed by atoms with Gasteiger partial charge in [-0.25, -0.2) is 15.8 Å². The molecule has 0 bridgehead atoms. The Morgan fingerprint density at radius 3 is 2.74 bits per heavy atom. The lowest BCUT2D eigenvalue weighted by Gasteiger charge is -2.32. The van der Waals surface area contributed by atoms with Crippen LogP contribution >= 0.6 is 0 Å². The van der Waals surface area contributed by atoms with Crippen LogP contribution < -0.4 is 16.2 Å². The molecular weight excluding hydrogens is 259 g/mol. The minimum absolute atomic E-state index is 0.0319. The van der Waals surface area contributed by atoms with Gasteiger partial charge in [-0.15, -0.1) is 0 Å². The van der Waals surface area contributed by atoms with Crippen LogP contribution in [0.2, 0.25) is 0 Å². The SMILES string of the molecule is CC1CCCN(c2cc(NN)nc(C(F)(F)F)n2)C1. The Labute approximate surface area is 109 Å². The van der Waals surface area contributed by atoms with E-state index in [1.54, 1.807) is 0 Å². The largest absolute Gasteiger partial charge is 0.451 e. The Morgan fingerprint density at radius 1 is 1.42 bits per heavy atom. The third kappa shape index (κ3) is 3.25. The Hall–Kier alpha value is -1.57. The molecule has 1 saturated heterocycles. The summed E-state index contributed by atoms with van der Waals surface area (Å²) in [5.41, 5.74) is 2.15. The van der Waals surface area contributed by atoms with Gasteiger partial charge < -0.3 is 10.3 Å². The van der Waals surface area contributed by atoms with E-state index >= 15 is 0 Å². The standard InChI is InChI=1S/C11H16F3N5/c1-7-3-2-4-19(6-7)9-5-8(18-15)16-10(17-9)11(12,13)14/h5,7H,2-4,6,15H2,1H3,(H,16,17,18). The first-order valence-corrected chi connectivity index (χ1v) is 6.08. The maximum Gasteiger partial charge on any atom is 0.451 e. The molecule has 3 N–H and O–H groups in total. The Bertz CT molecular complexity index is 448. The summed E-state index contributed by atoms with van der Waals surface area (Å²) >= 11 is 0. The van der Waals surface area contributed by atoms with Crippen molar-refractivity contribution in [2.75, 3.05) is 23.4 Å². The molecule has 1 aromatic heterocycles. The third-order valence-electron chi connectivity index (χ3n) is 3.10. The summed E-state index contributed by atoms with van der Waals surface area (Å²) in [5, 5.41) is 0. The predicted octanol–water partition coefficient (Wildman–Crippen LogP) is 2.02. The molecule has 8 heteroatoms. The Balaban J connectivity index is 2.34. The molecule has 1 atom stereocenters. The highest BCUT2D eigenvalue weighted by Gasteiger charge is 2.36. The second-order valence-corrected chi connectivity index (χ2v) is 4.77. The van der Waals surface area contributed by atoms with E-state index in [1.165, 1.54) is 6.07 Å². The van der Waals surface area contributed by atoms with Crippen LogP contribution in [0.5, 0.6) is 0 Å². The van der Waals surface area contributed by atoms with E-state index in [-0.39, 0.29) is 11.6 Å². The number of aromatic nitrogens is 2. The van der Waals surface area contributed by atoms with Crippen LogP contribution in [0, 0.1) is 5.92 Å². The summed E-state index contributed by atoms with van der Waals surface area (Å²) < 4.78 is 38.1. The van der Waals surface area contributed by atoms with Gasteiger partial charge in [0.25, 0.3) is 0 Å². The van der Waals surface area contributed by atoms with E-state index in [4.69, 9.17) is 5.84 Å². The predicted molar refractivity (Wildman–Crippen MR) is 65.5 cm³/mol. The lowest BCUT2D eigenvalue weighted by atomic mass is 10.0. The van der Waals surface area contributed by atoms with E-state index in [9.17, 15) is 13.2 Å². The monoisotopic (exact) mass is 275 g/mol. The van der Waals surface area contributed by atoms with Gasteiger partial charge >= 0.3 is 6.18 Å². The number of hydrogen-bond acceptors (Lipinski definition) is 5. The second-order valence-electron chi connectivity index (χ2n) is 4.77. The van der Waals surface area contributed by atoms with Gasteiger partial charge in [-0.3, -0.25) is 0 Å². The van der Waals surface area contributed by atoms with Crippen molar-refractivity contribution in [2.24, 2.45) is 11.8 Å². The minimum Gasteiger partial charge on any atom is -0.356 e. The number of hydrogen-bond donors (Lipinski definition) is 2. The van der Waals surface area contributed by atoms with Crippen molar-refractivity contribution in [1.82, 2.24) is 9.97 Å². The number of hydrazine groups is 1. The molecule has 0 aromatic carbocycles. The zero-order valence-electron chi connectivity index (χ0n) is 10.5. The van der Waals surface area contributed by atoms with Crippen LogP contribution in [0.25, 0.3) is 0 Å². The van der Waals surface area contributed by atoms with Crippen molar-refractivity contribution in [3.05, 3.63) is 11.9 Å². The van der Waals surface area contributed by atoms with Gasteiger partial charge in [0.2, 0.25) is 5.82 Å². The van der Waals surface area contributed by atoms with Gasteiger partial charge in [0.1, 0.15) is 11.6 Å². The minimum atomic E-state index is -4.58. The molecule has 0 spiro atoms. The summed E-state index contributed by atoms with van der Waals surface area (Å²) in [6.07, 6.45) is -2.56. The van der Waals surface area contributed by atoms with Crippen LogP contribution in [-0.2, 0) is 6.18 Å². The highest BCUT2D eigenvalue weighted by atomic mass is 19.4. The molecule has 2 rings (SSSR count). The van der Waals surface area contributed by atoms with Crippen molar-refractivity contribution in [3.8, 4) is 0 Å². The summed E-state index contributed by atoms with van der Waals surface area (Å²) in [7, 11) is 0. The topological polar surface area (TPSA) is 67.1 Å². The van der Waals surface area contributed by atoms with Crippen LogP contribution in [-0.4, -0.2) is 23.1 Å². The quantitative estimate of drug-likeness (QED) is 0.638. The maximum atomic E-state index is 12.7. The van der Waals surface area contributed by atoms with Crippen LogP contribution in [0.4, 0.5) is 24.8 Å². The molecule has 0 saturated carbocycles. The fraction of sp³-hybridized carbons (Fsp3) is 0.636. The lowest BCUT2D eigenvalue weighted by molar-refractivity contribution is -0.144. The van der Waals surface area contributed by atoms with E-state index in [0.29, 0.717) is 19.0 Å². The highest BCUT2D eigenvalue weighted by Crippen LogP contribution is 2.30. The van der Waals surface area contributed by atoms with Crippen LogP contribution in [0.15, 0.2) is 6.07 Å². The molecule has 1 aliphatic heterocycles. The van der Waals surface area contributed by atoms with Gasteiger partial charge in [0.15, 0.2) is 0 Å². The fourth-order valence-corrected chi connectivity index (χ4v) is 2.19. The van der Waals surface area contributed by atoms with Crippen molar-refractivity contribution in [3.63, 3.8) is 0 Å². The normalized spacial score (nSPS) is 20.5. The summed E-state index contributed by atoms with van der Waals surface area (Å²) in [4.78, 5) is 8.78. The molecule has 1 fully saturated rings. The van der Waals surface area contributed by atoms with Crippen molar-refractivity contribution in [1.29, 1.82) is 0 Å². The van der Waals surface area contributed by atoms with E-state index in [1.807, 2.05) is 4.90 Å². The van der Waals surface area contributed by atoms with Crippen molar-refractivity contribution < 1.29 is 13.2 Å². The number of nitrogens with one attached hydrogen (secondary N) is 1. The number of nitrogen functional groups attached to an aromatic ring is 1. The average Bonchev–Trinajstić information content (AvgIpc) is 2.37. The number of halogens is 3. The molecule has 5 nitrogen and oxygen atoms in total. The maximum absolute atomic E-state index is 12.7. The number of piperidine rings is 1. The molecule has 0 aliphatic carbocycles. The number of alkyl halides is 3. The second kappa shape index (κ2) is 5.20. The first-order valence-electron chi connectivity index (χ1n) is 6.08. The number of rotatable bonds is 2. The first-order chi connectivity index (χ1) is 8.90. The van der Waals surface area contributed by atoms with Gasteiger partial charge in [-0.1, -0.05) is 6.92 Å².